The van der Waals surface area contributed by atoms with Crippen molar-refractivity contribution in [1.29, 1.82) is 0 Å². The standard InChI is InChI=1S/C16H23N5O4/c1-19(2)10-14(22)13-7-11-9-20(5-6-21(11)17-13)16(24)4-3-12-8-15(23)18-25-12/h7-8,14,22H,3-6,9-10H2,1-2H3,(H,18,23). The van der Waals surface area contributed by atoms with E-state index in [2.05, 4.69) is 10.3 Å². The van der Waals surface area contributed by atoms with E-state index >= 15 is 0 Å². The molecule has 9 heteroatoms. The molecule has 1 amide bonds. The second-order valence-electron chi connectivity index (χ2n) is 6.56. The van der Waals surface area contributed by atoms with Crippen molar-refractivity contribution in [3.8, 4) is 0 Å². The predicted octanol–water partition coefficient (Wildman–Crippen LogP) is -0.266. The lowest BCUT2D eigenvalue weighted by Crippen LogP contribution is -2.38. The van der Waals surface area contributed by atoms with Gasteiger partial charge < -0.3 is 19.4 Å². The highest BCUT2D eigenvalue weighted by molar-refractivity contribution is 5.76. The second kappa shape index (κ2) is 7.24. The van der Waals surface area contributed by atoms with Crippen molar-refractivity contribution in [2.24, 2.45) is 0 Å². The number of H-pyrrole nitrogens is 1. The first-order valence-corrected chi connectivity index (χ1v) is 8.27. The third-order valence-electron chi connectivity index (χ3n) is 4.21. The number of aliphatic hydroxyl groups excluding tert-OH is 1. The third kappa shape index (κ3) is 4.18. The number of rotatable bonds is 6. The number of aromatic amines is 1. The van der Waals surface area contributed by atoms with Gasteiger partial charge in [-0.1, -0.05) is 0 Å². The summed E-state index contributed by atoms with van der Waals surface area (Å²) in [5.41, 5.74) is 1.25. The summed E-state index contributed by atoms with van der Waals surface area (Å²) in [6.07, 6.45) is 0.0271. The molecule has 3 rings (SSSR count). The third-order valence-corrected chi connectivity index (χ3v) is 4.21. The molecule has 1 unspecified atom stereocenters. The lowest BCUT2D eigenvalue weighted by Gasteiger charge is -2.27. The number of hydrogen-bond acceptors (Lipinski definition) is 6. The minimum absolute atomic E-state index is 0.00619. The molecule has 0 saturated carbocycles. The minimum atomic E-state index is -0.645. The van der Waals surface area contributed by atoms with E-state index in [4.69, 9.17) is 4.52 Å². The van der Waals surface area contributed by atoms with E-state index in [1.54, 1.807) is 4.90 Å². The number of hydrogen-bond donors (Lipinski definition) is 2. The normalized spacial score (nSPS) is 15.4. The first-order valence-electron chi connectivity index (χ1n) is 8.27. The number of nitrogens with zero attached hydrogens (tertiary/aromatic N) is 4. The Bertz CT molecular complexity index is 791. The van der Waals surface area contributed by atoms with Gasteiger partial charge in [-0.15, -0.1) is 0 Å². The summed E-state index contributed by atoms with van der Waals surface area (Å²) in [5, 5.41) is 16.9. The Hall–Kier alpha value is -2.39. The molecule has 9 nitrogen and oxygen atoms in total. The van der Waals surface area contributed by atoms with Crippen molar-refractivity contribution >= 4 is 5.91 Å². The molecule has 1 aliphatic heterocycles. The molecule has 2 N–H and O–H groups in total. The number of carbonyl (C=O) groups excluding carboxylic acids is 1. The Balaban J connectivity index is 1.59. The number of aromatic nitrogens is 3. The summed E-state index contributed by atoms with van der Waals surface area (Å²) >= 11 is 0. The van der Waals surface area contributed by atoms with Gasteiger partial charge in [0.25, 0.3) is 5.56 Å². The van der Waals surface area contributed by atoms with E-state index in [-0.39, 0.29) is 17.9 Å². The van der Waals surface area contributed by atoms with Crippen LogP contribution in [0.25, 0.3) is 0 Å². The van der Waals surface area contributed by atoms with Crippen molar-refractivity contribution < 1.29 is 14.4 Å². The molecular weight excluding hydrogens is 326 g/mol. The van der Waals surface area contributed by atoms with Gasteiger partial charge >= 0.3 is 0 Å². The zero-order valence-corrected chi connectivity index (χ0v) is 14.4. The topological polar surface area (TPSA) is 108 Å². The number of amides is 1. The van der Waals surface area contributed by atoms with E-state index < -0.39 is 6.10 Å². The Kier molecular flexibility index (Phi) is 5.05. The van der Waals surface area contributed by atoms with Gasteiger partial charge in [0.05, 0.1) is 24.5 Å². The minimum Gasteiger partial charge on any atom is -0.385 e. The maximum absolute atomic E-state index is 12.4. The fourth-order valence-corrected chi connectivity index (χ4v) is 2.94. The van der Waals surface area contributed by atoms with Crippen LogP contribution >= 0.6 is 0 Å². The number of likely N-dealkylation sites (N-methyl/N-ethyl adjacent to an activating group) is 1. The van der Waals surface area contributed by atoms with Gasteiger partial charge in [0.15, 0.2) is 0 Å². The maximum atomic E-state index is 12.4. The highest BCUT2D eigenvalue weighted by Gasteiger charge is 2.24. The van der Waals surface area contributed by atoms with E-state index in [1.807, 2.05) is 29.7 Å². The van der Waals surface area contributed by atoms with Crippen LogP contribution in [0.4, 0.5) is 0 Å². The van der Waals surface area contributed by atoms with E-state index in [9.17, 15) is 14.7 Å². The van der Waals surface area contributed by atoms with Crippen LogP contribution in [0, 0.1) is 0 Å². The molecule has 2 aromatic rings. The lowest BCUT2D eigenvalue weighted by atomic mass is 10.2. The van der Waals surface area contributed by atoms with Crippen LogP contribution in [0.1, 0.15) is 29.7 Å². The van der Waals surface area contributed by atoms with Crippen LogP contribution in [-0.4, -0.2) is 62.9 Å². The zero-order chi connectivity index (χ0) is 18.0. The average molecular weight is 349 g/mol. The van der Waals surface area contributed by atoms with E-state index in [1.165, 1.54) is 6.07 Å². The summed E-state index contributed by atoms with van der Waals surface area (Å²) in [4.78, 5) is 27.1. The zero-order valence-electron chi connectivity index (χ0n) is 14.4. The maximum Gasteiger partial charge on any atom is 0.280 e. The molecule has 0 radical (unpaired) electrons. The van der Waals surface area contributed by atoms with Crippen molar-refractivity contribution in [2.75, 3.05) is 27.2 Å². The Morgan fingerprint density at radius 3 is 2.92 bits per heavy atom. The molecular formula is C16H23N5O4. The van der Waals surface area contributed by atoms with Crippen molar-refractivity contribution in [3.05, 3.63) is 39.6 Å². The van der Waals surface area contributed by atoms with Gasteiger partial charge in [-0.05, 0) is 20.2 Å². The van der Waals surface area contributed by atoms with Crippen LogP contribution in [0.2, 0.25) is 0 Å². The summed E-state index contributed by atoms with van der Waals surface area (Å²) in [6.45, 7) is 2.15. The first kappa shape index (κ1) is 17.4. The number of aliphatic hydroxyl groups is 1. The van der Waals surface area contributed by atoms with E-state index in [0.717, 1.165) is 5.69 Å². The molecule has 2 aromatic heterocycles. The predicted molar refractivity (Wildman–Crippen MR) is 88.8 cm³/mol. The molecule has 0 saturated heterocycles. The molecule has 25 heavy (non-hydrogen) atoms. The summed E-state index contributed by atoms with van der Waals surface area (Å²) in [7, 11) is 3.79. The number of aryl methyl sites for hydroxylation is 1. The van der Waals surface area contributed by atoms with Crippen molar-refractivity contribution in [3.63, 3.8) is 0 Å². The number of carbonyl (C=O) groups is 1. The van der Waals surface area contributed by atoms with Crippen LogP contribution in [-0.2, 0) is 24.3 Å². The fourth-order valence-electron chi connectivity index (χ4n) is 2.94. The monoisotopic (exact) mass is 349 g/mol. The van der Waals surface area contributed by atoms with Gasteiger partial charge in [-0.3, -0.25) is 14.3 Å². The molecule has 0 bridgehead atoms. The van der Waals surface area contributed by atoms with Crippen LogP contribution in [0.5, 0.6) is 0 Å². The van der Waals surface area contributed by atoms with E-state index in [0.29, 0.717) is 44.1 Å². The van der Waals surface area contributed by atoms with Crippen molar-refractivity contribution in [2.45, 2.75) is 32.0 Å². The average Bonchev–Trinajstić information content (AvgIpc) is 3.17. The summed E-state index contributed by atoms with van der Waals surface area (Å²) < 4.78 is 6.82. The molecule has 136 valence electrons. The number of fused-ring (bicyclic) bond motifs is 1. The van der Waals surface area contributed by atoms with Crippen LogP contribution in [0.3, 0.4) is 0 Å². The molecule has 0 aromatic carbocycles. The van der Waals surface area contributed by atoms with Gasteiger partial charge in [-0.2, -0.15) is 10.3 Å². The smallest absolute Gasteiger partial charge is 0.280 e. The molecule has 1 atom stereocenters. The SMILES string of the molecule is CN(C)CC(O)c1cc2n(n1)CCN(C(=O)CCc1cc(=O)[nH]o1)C2. The van der Waals surface area contributed by atoms with Crippen LogP contribution in [0.15, 0.2) is 21.5 Å². The summed E-state index contributed by atoms with van der Waals surface area (Å²) in [6, 6.07) is 3.22. The van der Waals surface area contributed by atoms with Gasteiger partial charge in [0, 0.05) is 32.0 Å². The Morgan fingerprint density at radius 1 is 1.44 bits per heavy atom. The van der Waals surface area contributed by atoms with Gasteiger partial charge in [0.1, 0.15) is 11.9 Å². The Morgan fingerprint density at radius 2 is 2.24 bits per heavy atom. The molecule has 0 fully saturated rings. The lowest BCUT2D eigenvalue weighted by molar-refractivity contribution is -0.132. The second-order valence-corrected chi connectivity index (χ2v) is 6.56. The van der Waals surface area contributed by atoms with Crippen LogP contribution < -0.4 is 5.56 Å². The molecule has 0 spiro atoms. The fraction of sp³-hybridized carbons (Fsp3) is 0.562. The highest BCUT2D eigenvalue weighted by atomic mass is 16.5. The summed E-state index contributed by atoms with van der Waals surface area (Å²) in [5.74, 6) is 0.487. The van der Waals surface area contributed by atoms with Gasteiger partial charge in [-0.25, -0.2) is 0 Å². The number of nitrogens with one attached hydrogen (secondary N) is 1. The quantitative estimate of drug-likeness (QED) is 0.744. The highest BCUT2D eigenvalue weighted by Crippen LogP contribution is 2.19. The van der Waals surface area contributed by atoms with Gasteiger partial charge in [0.2, 0.25) is 5.91 Å². The molecule has 3 heterocycles. The van der Waals surface area contributed by atoms with Crippen molar-refractivity contribution in [1.82, 2.24) is 24.7 Å². The Labute approximate surface area is 144 Å². The molecule has 1 aliphatic rings. The first-order chi connectivity index (χ1) is 11.9. The molecule has 0 aliphatic carbocycles. The largest absolute Gasteiger partial charge is 0.385 e.